The summed E-state index contributed by atoms with van der Waals surface area (Å²) >= 11 is 0. The molecule has 0 aliphatic heterocycles. The molecule has 1 aliphatic carbocycles. The number of hydrogen-bond donors (Lipinski definition) is 1. The van der Waals surface area contributed by atoms with E-state index in [9.17, 15) is 4.79 Å². The van der Waals surface area contributed by atoms with Crippen LogP contribution in [0, 0.1) is 11.8 Å². The first kappa shape index (κ1) is 15.7. The third kappa shape index (κ3) is 6.53. The predicted octanol–water partition coefficient (Wildman–Crippen LogP) is 4.07. The van der Waals surface area contributed by atoms with E-state index < -0.39 is 0 Å². The summed E-state index contributed by atoms with van der Waals surface area (Å²) in [7, 11) is 0. The summed E-state index contributed by atoms with van der Waals surface area (Å²) in [4.78, 5) is 11.1. The first-order valence-electron chi connectivity index (χ1n) is 7.85. The molecular weight excluding hydrogens is 222 g/mol. The molecule has 18 heavy (non-hydrogen) atoms. The highest BCUT2D eigenvalue weighted by molar-refractivity contribution is 5.81. The third-order valence-corrected chi connectivity index (χ3v) is 4.53. The van der Waals surface area contributed by atoms with Crippen molar-refractivity contribution in [1.82, 2.24) is 0 Å². The van der Waals surface area contributed by atoms with Gasteiger partial charge in [0.15, 0.2) is 0 Å². The van der Waals surface area contributed by atoms with E-state index in [1.807, 2.05) is 0 Å². The summed E-state index contributed by atoms with van der Waals surface area (Å²) in [6, 6.07) is -0.231. The minimum Gasteiger partial charge on any atom is -0.322 e. The molecule has 0 amide bonds. The lowest BCUT2D eigenvalue weighted by Crippen LogP contribution is -2.28. The first-order chi connectivity index (χ1) is 8.59. The minimum absolute atomic E-state index is 0.129. The van der Waals surface area contributed by atoms with Crippen molar-refractivity contribution in [2.45, 2.75) is 84.1 Å². The Morgan fingerprint density at radius 3 is 2.44 bits per heavy atom. The fourth-order valence-electron chi connectivity index (χ4n) is 3.04. The maximum atomic E-state index is 11.1. The molecular formula is C16H31NO. The molecule has 2 N–H and O–H groups in total. The zero-order valence-electron chi connectivity index (χ0n) is 12.3. The lowest BCUT2D eigenvalue weighted by Gasteiger charge is -2.22. The Morgan fingerprint density at radius 2 is 1.83 bits per heavy atom. The molecule has 1 fully saturated rings. The van der Waals surface area contributed by atoms with Crippen LogP contribution in [0.25, 0.3) is 0 Å². The average molecular weight is 253 g/mol. The molecule has 2 heteroatoms. The highest BCUT2D eigenvalue weighted by Crippen LogP contribution is 2.28. The maximum absolute atomic E-state index is 11.1. The van der Waals surface area contributed by atoms with E-state index >= 15 is 0 Å². The van der Waals surface area contributed by atoms with Gasteiger partial charge in [-0.25, -0.2) is 0 Å². The predicted molar refractivity (Wildman–Crippen MR) is 77.5 cm³/mol. The minimum atomic E-state index is -0.231. The monoisotopic (exact) mass is 253 g/mol. The van der Waals surface area contributed by atoms with Gasteiger partial charge in [-0.15, -0.1) is 0 Å². The first-order valence-corrected chi connectivity index (χ1v) is 7.85. The van der Waals surface area contributed by atoms with E-state index in [2.05, 4.69) is 6.92 Å². The van der Waals surface area contributed by atoms with Gasteiger partial charge in [-0.2, -0.15) is 0 Å². The molecule has 2 atom stereocenters. The SMILES string of the molecule is CC(=O)[C@@H](N)CC[C@H](C)CCCC1CCCCC1. The van der Waals surface area contributed by atoms with Gasteiger partial charge in [0.2, 0.25) is 0 Å². The molecule has 106 valence electrons. The fraction of sp³-hybridized carbons (Fsp3) is 0.938. The van der Waals surface area contributed by atoms with E-state index in [0.717, 1.165) is 24.7 Å². The largest absolute Gasteiger partial charge is 0.322 e. The molecule has 0 aromatic rings. The molecule has 0 saturated heterocycles. The highest BCUT2D eigenvalue weighted by atomic mass is 16.1. The number of carbonyl (C=O) groups excluding carboxylic acids is 1. The molecule has 1 rings (SSSR count). The molecule has 0 unspecified atom stereocenters. The van der Waals surface area contributed by atoms with Gasteiger partial charge in [0, 0.05) is 0 Å². The maximum Gasteiger partial charge on any atom is 0.146 e. The van der Waals surface area contributed by atoms with Crippen molar-refractivity contribution in [1.29, 1.82) is 0 Å². The van der Waals surface area contributed by atoms with Crippen molar-refractivity contribution in [2.75, 3.05) is 0 Å². The normalized spacial score (nSPS) is 20.6. The van der Waals surface area contributed by atoms with E-state index in [-0.39, 0.29) is 11.8 Å². The molecule has 0 aromatic carbocycles. The third-order valence-electron chi connectivity index (χ3n) is 4.53. The highest BCUT2D eigenvalue weighted by Gasteiger charge is 2.14. The van der Waals surface area contributed by atoms with Crippen LogP contribution < -0.4 is 5.73 Å². The van der Waals surface area contributed by atoms with Crippen LogP contribution in [0.4, 0.5) is 0 Å². The Labute approximate surface area is 113 Å². The van der Waals surface area contributed by atoms with Crippen molar-refractivity contribution in [3.63, 3.8) is 0 Å². The Kier molecular flexibility index (Phi) is 7.57. The molecule has 2 nitrogen and oxygen atoms in total. The Hall–Kier alpha value is -0.370. The number of Topliss-reactive ketones (excluding diaryl/α,β-unsaturated/α-hetero) is 1. The quantitative estimate of drug-likeness (QED) is 0.708. The Morgan fingerprint density at radius 1 is 1.17 bits per heavy atom. The second kappa shape index (κ2) is 8.68. The van der Waals surface area contributed by atoms with E-state index in [0.29, 0.717) is 0 Å². The molecule has 0 radical (unpaired) electrons. The van der Waals surface area contributed by atoms with Crippen LogP contribution in [0.5, 0.6) is 0 Å². The van der Waals surface area contributed by atoms with Gasteiger partial charge in [-0.05, 0) is 31.6 Å². The van der Waals surface area contributed by atoms with E-state index in [1.165, 1.54) is 51.4 Å². The number of carbonyl (C=O) groups is 1. The Balaban J connectivity index is 2.02. The zero-order chi connectivity index (χ0) is 13.4. The van der Waals surface area contributed by atoms with Crippen LogP contribution in [0.15, 0.2) is 0 Å². The van der Waals surface area contributed by atoms with Crippen LogP contribution in [0.1, 0.15) is 78.1 Å². The van der Waals surface area contributed by atoms with Crippen molar-refractivity contribution in [2.24, 2.45) is 17.6 Å². The van der Waals surface area contributed by atoms with Crippen LogP contribution in [0.2, 0.25) is 0 Å². The smallest absolute Gasteiger partial charge is 0.146 e. The van der Waals surface area contributed by atoms with Crippen LogP contribution in [0.3, 0.4) is 0 Å². The summed E-state index contributed by atoms with van der Waals surface area (Å²) in [6.07, 6.45) is 13.3. The van der Waals surface area contributed by atoms with Crippen molar-refractivity contribution >= 4 is 5.78 Å². The van der Waals surface area contributed by atoms with Gasteiger partial charge in [-0.1, -0.05) is 58.3 Å². The number of rotatable bonds is 8. The number of ketones is 1. The van der Waals surface area contributed by atoms with Crippen molar-refractivity contribution < 1.29 is 4.79 Å². The molecule has 0 heterocycles. The molecule has 0 aromatic heterocycles. The van der Waals surface area contributed by atoms with Gasteiger partial charge in [0.05, 0.1) is 6.04 Å². The number of hydrogen-bond acceptors (Lipinski definition) is 2. The second-order valence-corrected chi connectivity index (χ2v) is 6.33. The van der Waals surface area contributed by atoms with Crippen LogP contribution >= 0.6 is 0 Å². The topological polar surface area (TPSA) is 43.1 Å². The van der Waals surface area contributed by atoms with E-state index in [1.54, 1.807) is 6.92 Å². The standard InChI is InChI=1S/C16H31NO/c1-13(11-12-16(17)14(2)18)7-6-10-15-8-4-3-5-9-15/h13,15-16H,3-12,17H2,1-2H3/t13-,16+/m1/s1. The summed E-state index contributed by atoms with van der Waals surface area (Å²) in [5.41, 5.74) is 5.76. The molecule has 1 saturated carbocycles. The summed E-state index contributed by atoms with van der Waals surface area (Å²) < 4.78 is 0. The van der Waals surface area contributed by atoms with Gasteiger partial charge in [0.1, 0.15) is 5.78 Å². The van der Waals surface area contributed by atoms with Crippen molar-refractivity contribution in [3.8, 4) is 0 Å². The van der Waals surface area contributed by atoms with E-state index in [4.69, 9.17) is 5.73 Å². The fourth-order valence-corrected chi connectivity index (χ4v) is 3.04. The van der Waals surface area contributed by atoms with Gasteiger partial charge in [0.25, 0.3) is 0 Å². The lowest BCUT2D eigenvalue weighted by molar-refractivity contribution is -0.118. The second-order valence-electron chi connectivity index (χ2n) is 6.33. The van der Waals surface area contributed by atoms with Crippen LogP contribution in [-0.4, -0.2) is 11.8 Å². The van der Waals surface area contributed by atoms with Gasteiger partial charge >= 0.3 is 0 Å². The van der Waals surface area contributed by atoms with Crippen molar-refractivity contribution in [3.05, 3.63) is 0 Å². The lowest BCUT2D eigenvalue weighted by atomic mass is 9.84. The Bertz CT molecular complexity index is 233. The molecule has 1 aliphatic rings. The number of nitrogens with two attached hydrogens (primary N) is 1. The summed E-state index contributed by atoms with van der Waals surface area (Å²) in [5, 5.41) is 0. The molecule has 0 bridgehead atoms. The average Bonchev–Trinajstić information content (AvgIpc) is 2.37. The van der Waals surface area contributed by atoms with Gasteiger partial charge < -0.3 is 5.73 Å². The summed E-state index contributed by atoms with van der Waals surface area (Å²) in [5.74, 6) is 1.86. The van der Waals surface area contributed by atoms with Crippen LogP contribution in [-0.2, 0) is 4.79 Å². The summed E-state index contributed by atoms with van der Waals surface area (Å²) in [6.45, 7) is 3.89. The van der Waals surface area contributed by atoms with Gasteiger partial charge in [-0.3, -0.25) is 4.79 Å². The zero-order valence-corrected chi connectivity index (χ0v) is 12.3. The molecule has 0 spiro atoms.